The Balaban J connectivity index is 1.61. The number of aryl methyl sites for hydroxylation is 1. The summed E-state index contributed by atoms with van der Waals surface area (Å²) in [5.74, 6) is -0.456. The number of nitrogens with zero attached hydrogens (tertiary/aromatic N) is 1. The van der Waals surface area contributed by atoms with Crippen molar-refractivity contribution in [2.45, 2.75) is 67.0 Å². The van der Waals surface area contributed by atoms with Crippen LogP contribution in [0.5, 0.6) is 5.75 Å². The number of hydrogen-bond donors (Lipinski definition) is 0. The molecule has 3 aromatic rings. The highest BCUT2D eigenvalue weighted by molar-refractivity contribution is 5.95. The molecule has 5 heteroatoms. The molecule has 5 rings (SSSR count). The number of ether oxygens (including phenoxy) is 1. The molecule has 0 saturated carbocycles. The lowest BCUT2D eigenvalue weighted by molar-refractivity contribution is 0.0750. The van der Waals surface area contributed by atoms with Gasteiger partial charge >= 0.3 is 0 Å². The Morgan fingerprint density at radius 3 is 2.34 bits per heavy atom. The van der Waals surface area contributed by atoms with Gasteiger partial charge in [-0.15, -0.1) is 0 Å². The first-order valence-electron chi connectivity index (χ1n) is 12.4. The third kappa shape index (κ3) is 3.72. The minimum atomic E-state index is -0.371. The number of hydrogen-bond acceptors (Lipinski definition) is 2. The molecule has 2 aliphatic heterocycles. The van der Waals surface area contributed by atoms with Crippen molar-refractivity contribution in [3.8, 4) is 16.9 Å². The van der Waals surface area contributed by atoms with Gasteiger partial charge in [0.05, 0.1) is 6.61 Å². The van der Waals surface area contributed by atoms with Crippen molar-refractivity contribution in [2.75, 3.05) is 6.61 Å². The Kier molecular flexibility index (Phi) is 5.90. The van der Waals surface area contributed by atoms with Gasteiger partial charge in [-0.25, -0.2) is 8.78 Å². The number of halogens is 2. The van der Waals surface area contributed by atoms with Gasteiger partial charge in [0.2, 0.25) is 0 Å². The monoisotopic (exact) mass is 475 g/mol. The van der Waals surface area contributed by atoms with Gasteiger partial charge in [-0.1, -0.05) is 13.0 Å². The van der Waals surface area contributed by atoms with Crippen LogP contribution < -0.4 is 4.74 Å². The molecule has 0 aromatic heterocycles. The molecule has 0 radical (unpaired) electrons. The summed E-state index contributed by atoms with van der Waals surface area (Å²) < 4.78 is 34.9. The quantitative estimate of drug-likeness (QED) is 0.412. The van der Waals surface area contributed by atoms with Crippen molar-refractivity contribution in [2.24, 2.45) is 0 Å². The van der Waals surface area contributed by atoms with E-state index in [9.17, 15) is 9.18 Å². The van der Waals surface area contributed by atoms with Crippen LogP contribution in [-0.2, 0) is 25.9 Å². The van der Waals surface area contributed by atoms with Crippen molar-refractivity contribution in [1.29, 1.82) is 0 Å². The van der Waals surface area contributed by atoms with E-state index in [1.54, 1.807) is 30.0 Å². The molecule has 0 aliphatic carbocycles. The van der Waals surface area contributed by atoms with Crippen LogP contribution in [0.15, 0.2) is 24.3 Å². The van der Waals surface area contributed by atoms with E-state index in [1.165, 1.54) is 11.6 Å². The fraction of sp³-hybridized carbons (Fsp3) is 0.367. The number of rotatable bonds is 3. The lowest BCUT2D eigenvalue weighted by Gasteiger charge is -2.25. The SMILES string of the molecule is CCc1c(C)c2c(c(C)c1-c1cc(F)c3c(c1C)CCCO3)CN(C(=O)c1ccc(C)c(F)c1)C2. The smallest absolute Gasteiger partial charge is 0.254 e. The minimum absolute atomic E-state index is 0.174. The molecule has 3 nitrogen and oxygen atoms in total. The molecule has 2 heterocycles. The standard InChI is InChI=1S/C30H31F2NO2/c1-6-21-17(3)24-14-33(30(34)20-10-9-16(2)26(31)12-20)15-25(24)19(5)28(21)23-13-27(32)29-22(18(23)4)8-7-11-35-29/h9-10,12-13H,6-8,11,14-15H2,1-5H3. The molecule has 3 aromatic carbocycles. The third-order valence-corrected chi connectivity index (χ3v) is 7.86. The summed E-state index contributed by atoms with van der Waals surface area (Å²) >= 11 is 0. The molecule has 0 unspecified atom stereocenters. The van der Waals surface area contributed by atoms with E-state index < -0.39 is 0 Å². The van der Waals surface area contributed by atoms with Crippen molar-refractivity contribution in [3.05, 3.63) is 86.0 Å². The maximum absolute atomic E-state index is 15.1. The van der Waals surface area contributed by atoms with Crippen molar-refractivity contribution >= 4 is 5.91 Å². The van der Waals surface area contributed by atoms with E-state index >= 15 is 4.39 Å². The fourth-order valence-electron chi connectivity index (χ4n) is 5.84. The van der Waals surface area contributed by atoms with Crippen LogP contribution in [0.25, 0.3) is 11.1 Å². The second-order valence-corrected chi connectivity index (χ2v) is 9.83. The van der Waals surface area contributed by atoms with Gasteiger partial charge in [0.1, 0.15) is 5.82 Å². The molecular weight excluding hydrogens is 444 g/mol. The summed E-state index contributed by atoms with van der Waals surface area (Å²) in [5.41, 5.74) is 10.6. The zero-order valence-electron chi connectivity index (χ0n) is 21.1. The average molecular weight is 476 g/mol. The molecule has 0 fully saturated rings. The summed E-state index contributed by atoms with van der Waals surface area (Å²) in [5, 5.41) is 0. The van der Waals surface area contributed by atoms with Gasteiger partial charge in [-0.2, -0.15) is 0 Å². The van der Waals surface area contributed by atoms with Crippen LogP contribution in [0.3, 0.4) is 0 Å². The number of benzene rings is 3. The van der Waals surface area contributed by atoms with E-state index in [-0.39, 0.29) is 17.5 Å². The fourth-order valence-corrected chi connectivity index (χ4v) is 5.84. The maximum atomic E-state index is 15.1. The van der Waals surface area contributed by atoms with Gasteiger partial charge in [-0.3, -0.25) is 4.79 Å². The first-order valence-corrected chi connectivity index (χ1v) is 12.4. The van der Waals surface area contributed by atoms with Crippen LogP contribution in [0.1, 0.15) is 68.2 Å². The summed E-state index contributed by atoms with van der Waals surface area (Å²) in [6.45, 7) is 11.6. The van der Waals surface area contributed by atoms with Gasteiger partial charge < -0.3 is 9.64 Å². The molecule has 0 N–H and O–H groups in total. The van der Waals surface area contributed by atoms with Crippen LogP contribution in [0.4, 0.5) is 8.78 Å². The van der Waals surface area contributed by atoms with Gasteiger partial charge in [0.15, 0.2) is 11.6 Å². The Morgan fingerprint density at radius 1 is 0.943 bits per heavy atom. The molecule has 35 heavy (non-hydrogen) atoms. The number of fused-ring (bicyclic) bond motifs is 2. The molecular formula is C30H31F2NO2. The van der Waals surface area contributed by atoms with Crippen LogP contribution >= 0.6 is 0 Å². The highest BCUT2D eigenvalue weighted by Gasteiger charge is 2.31. The Hall–Kier alpha value is -3.21. The highest BCUT2D eigenvalue weighted by Crippen LogP contribution is 2.44. The normalized spacial score (nSPS) is 14.5. The van der Waals surface area contributed by atoms with Crippen LogP contribution in [-0.4, -0.2) is 17.4 Å². The number of carbonyl (C=O) groups excluding carboxylic acids is 1. The van der Waals surface area contributed by atoms with E-state index in [1.807, 2.05) is 0 Å². The van der Waals surface area contributed by atoms with E-state index in [0.29, 0.717) is 36.6 Å². The second-order valence-electron chi connectivity index (χ2n) is 9.83. The first kappa shape index (κ1) is 23.5. The predicted molar refractivity (Wildman–Crippen MR) is 134 cm³/mol. The summed E-state index contributed by atoms with van der Waals surface area (Å²) in [6.07, 6.45) is 2.50. The summed E-state index contributed by atoms with van der Waals surface area (Å²) in [6, 6.07) is 6.28. The molecule has 0 bridgehead atoms. The molecule has 2 aliphatic rings. The lowest BCUT2D eigenvalue weighted by atomic mass is 9.82. The number of carbonyl (C=O) groups is 1. The zero-order chi connectivity index (χ0) is 25.0. The van der Waals surface area contributed by atoms with E-state index in [2.05, 4.69) is 27.7 Å². The maximum Gasteiger partial charge on any atom is 0.254 e. The molecule has 182 valence electrons. The van der Waals surface area contributed by atoms with E-state index in [0.717, 1.165) is 63.8 Å². The van der Waals surface area contributed by atoms with Crippen molar-refractivity contribution < 1.29 is 18.3 Å². The molecule has 1 amide bonds. The van der Waals surface area contributed by atoms with Crippen molar-refractivity contribution in [3.63, 3.8) is 0 Å². The Labute approximate surface area is 205 Å². The number of amides is 1. The second kappa shape index (κ2) is 8.78. The minimum Gasteiger partial charge on any atom is -0.490 e. The predicted octanol–water partition coefficient (Wildman–Crippen LogP) is 6.91. The zero-order valence-corrected chi connectivity index (χ0v) is 21.1. The molecule has 0 spiro atoms. The van der Waals surface area contributed by atoms with Crippen LogP contribution in [0, 0.1) is 39.3 Å². The third-order valence-electron chi connectivity index (χ3n) is 7.86. The highest BCUT2D eigenvalue weighted by atomic mass is 19.1. The summed E-state index contributed by atoms with van der Waals surface area (Å²) in [4.78, 5) is 15.0. The molecule has 0 saturated heterocycles. The largest absolute Gasteiger partial charge is 0.490 e. The van der Waals surface area contributed by atoms with Crippen LogP contribution in [0.2, 0.25) is 0 Å². The van der Waals surface area contributed by atoms with E-state index in [4.69, 9.17) is 4.74 Å². The lowest BCUT2D eigenvalue weighted by Crippen LogP contribution is -2.25. The average Bonchev–Trinajstić information content (AvgIpc) is 3.31. The topological polar surface area (TPSA) is 29.5 Å². The van der Waals surface area contributed by atoms with Gasteiger partial charge in [0.25, 0.3) is 5.91 Å². The first-order chi connectivity index (χ1) is 16.7. The molecule has 0 atom stereocenters. The van der Waals surface area contributed by atoms with Crippen molar-refractivity contribution in [1.82, 2.24) is 4.90 Å². The van der Waals surface area contributed by atoms with Gasteiger partial charge in [-0.05, 0) is 115 Å². The van der Waals surface area contributed by atoms with Gasteiger partial charge in [0, 0.05) is 24.2 Å². The Bertz CT molecular complexity index is 1380. The summed E-state index contributed by atoms with van der Waals surface area (Å²) in [7, 11) is 0. The Morgan fingerprint density at radius 2 is 1.66 bits per heavy atom.